The summed E-state index contributed by atoms with van der Waals surface area (Å²) in [5.41, 5.74) is 9.55. The predicted octanol–water partition coefficient (Wildman–Crippen LogP) is 2.43. The third-order valence-electron chi connectivity index (χ3n) is 2.68. The molecule has 0 saturated carbocycles. The van der Waals surface area contributed by atoms with E-state index in [4.69, 9.17) is 5.73 Å². The lowest BCUT2D eigenvalue weighted by Crippen LogP contribution is -1.94. The first-order valence-electron chi connectivity index (χ1n) is 5.04. The van der Waals surface area contributed by atoms with Crippen LogP contribution in [0.4, 0.5) is 0 Å². The number of nitrogens with zero attached hydrogens (tertiary/aromatic N) is 1. The number of aromatic nitrogens is 1. The molecule has 2 rings (SSSR count). The molecule has 2 aromatic rings. The highest BCUT2D eigenvalue weighted by Gasteiger charge is 2.05. The number of fused-ring (bicyclic) bond motifs is 1. The molecular formula is C12H16N2. The van der Waals surface area contributed by atoms with E-state index in [0.717, 1.165) is 6.54 Å². The Morgan fingerprint density at radius 1 is 1.36 bits per heavy atom. The smallest absolute Gasteiger partial charge is 0.0486 e. The number of rotatable bonds is 2. The average Bonchev–Trinajstić information content (AvgIpc) is 2.55. The molecule has 74 valence electrons. The molecule has 0 bridgehead atoms. The molecule has 2 nitrogen and oxygen atoms in total. The number of nitrogens with two attached hydrogens (primary N) is 1. The molecule has 14 heavy (non-hydrogen) atoms. The van der Waals surface area contributed by atoms with Gasteiger partial charge in [-0.3, -0.25) is 0 Å². The fourth-order valence-corrected chi connectivity index (χ4v) is 1.90. The Bertz CT molecular complexity index is 455. The van der Waals surface area contributed by atoms with Crippen LogP contribution >= 0.6 is 0 Å². The van der Waals surface area contributed by atoms with Gasteiger partial charge >= 0.3 is 0 Å². The van der Waals surface area contributed by atoms with E-state index in [9.17, 15) is 0 Å². The third-order valence-corrected chi connectivity index (χ3v) is 2.68. The SMILES string of the molecule is CCn1cc(CN)c2ccc(C)cc21. The van der Waals surface area contributed by atoms with Crippen molar-refractivity contribution in [2.24, 2.45) is 5.73 Å². The van der Waals surface area contributed by atoms with Crippen molar-refractivity contribution < 1.29 is 0 Å². The Labute approximate surface area is 84.3 Å². The highest BCUT2D eigenvalue weighted by atomic mass is 14.9. The van der Waals surface area contributed by atoms with Crippen molar-refractivity contribution in [2.45, 2.75) is 26.9 Å². The second-order valence-electron chi connectivity index (χ2n) is 3.67. The fourth-order valence-electron chi connectivity index (χ4n) is 1.90. The molecule has 1 heterocycles. The molecule has 2 heteroatoms. The summed E-state index contributed by atoms with van der Waals surface area (Å²) >= 11 is 0. The Morgan fingerprint density at radius 2 is 2.14 bits per heavy atom. The molecule has 0 radical (unpaired) electrons. The lowest BCUT2D eigenvalue weighted by molar-refractivity contribution is 0.791. The van der Waals surface area contributed by atoms with Crippen LogP contribution in [-0.2, 0) is 13.1 Å². The van der Waals surface area contributed by atoms with Gasteiger partial charge in [-0.25, -0.2) is 0 Å². The molecule has 0 fully saturated rings. The van der Waals surface area contributed by atoms with E-state index >= 15 is 0 Å². The van der Waals surface area contributed by atoms with Crippen LogP contribution in [0.3, 0.4) is 0 Å². The second-order valence-corrected chi connectivity index (χ2v) is 3.67. The maximum Gasteiger partial charge on any atom is 0.0486 e. The summed E-state index contributed by atoms with van der Waals surface area (Å²) in [5, 5.41) is 1.29. The molecule has 0 spiro atoms. The number of aryl methyl sites for hydroxylation is 2. The largest absolute Gasteiger partial charge is 0.347 e. The zero-order valence-corrected chi connectivity index (χ0v) is 8.75. The zero-order chi connectivity index (χ0) is 10.1. The van der Waals surface area contributed by atoms with Gasteiger partial charge in [0.15, 0.2) is 0 Å². The summed E-state index contributed by atoms with van der Waals surface area (Å²) in [6.07, 6.45) is 2.16. The quantitative estimate of drug-likeness (QED) is 0.771. The van der Waals surface area contributed by atoms with Gasteiger partial charge in [-0.2, -0.15) is 0 Å². The van der Waals surface area contributed by atoms with Crippen LogP contribution in [0.25, 0.3) is 10.9 Å². The molecule has 0 unspecified atom stereocenters. The van der Waals surface area contributed by atoms with Crippen LogP contribution in [0.5, 0.6) is 0 Å². The molecule has 0 atom stereocenters. The third kappa shape index (κ3) is 1.32. The van der Waals surface area contributed by atoms with Gasteiger partial charge in [0, 0.05) is 30.2 Å². The van der Waals surface area contributed by atoms with Crippen LogP contribution in [0, 0.1) is 6.92 Å². The molecule has 0 aliphatic heterocycles. The maximum absolute atomic E-state index is 5.71. The van der Waals surface area contributed by atoms with Gasteiger partial charge in [-0.15, -0.1) is 0 Å². The summed E-state index contributed by atoms with van der Waals surface area (Å²) in [6.45, 7) is 5.89. The Hall–Kier alpha value is -1.28. The normalized spacial score (nSPS) is 11.1. The number of hydrogen-bond acceptors (Lipinski definition) is 1. The van der Waals surface area contributed by atoms with Crippen molar-refractivity contribution in [3.05, 3.63) is 35.5 Å². The summed E-state index contributed by atoms with van der Waals surface area (Å²) in [6, 6.07) is 6.53. The van der Waals surface area contributed by atoms with E-state index in [-0.39, 0.29) is 0 Å². The van der Waals surface area contributed by atoms with Crippen LogP contribution in [0.2, 0.25) is 0 Å². The Morgan fingerprint density at radius 3 is 2.79 bits per heavy atom. The fraction of sp³-hybridized carbons (Fsp3) is 0.333. The maximum atomic E-state index is 5.71. The molecule has 0 aliphatic carbocycles. The predicted molar refractivity (Wildman–Crippen MR) is 60.2 cm³/mol. The zero-order valence-electron chi connectivity index (χ0n) is 8.75. The second kappa shape index (κ2) is 3.46. The van der Waals surface area contributed by atoms with Crippen molar-refractivity contribution in [1.82, 2.24) is 4.57 Å². The Kier molecular flexibility index (Phi) is 2.30. The first kappa shape index (κ1) is 9.28. The molecule has 1 aromatic heterocycles. The van der Waals surface area contributed by atoms with Crippen LogP contribution in [0.15, 0.2) is 24.4 Å². The summed E-state index contributed by atoms with van der Waals surface area (Å²) in [4.78, 5) is 0. The Balaban J connectivity index is 2.75. The molecule has 0 aliphatic rings. The van der Waals surface area contributed by atoms with Crippen molar-refractivity contribution in [2.75, 3.05) is 0 Å². The minimum Gasteiger partial charge on any atom is -0.347 e. The minimum absolute atomic E-state index is 0.618. The van der Waals surface area contributed by atoms with Gasteiger partial charge in [-0.1, -0.05) is 12.1 Å². The topological polar surface area (TPSA) is 30.9 Å². The van der Waals surface area contributed by atoms with Gasteiger partial charge in [0.1, 0.15) is 0 Å². The molecule has 0 saturated heterocycles. The lowest BCUT2D eigenvalue weighted by atomic mass is 10.1. The van der Waals surface area contributed by atoms with E-state index in [1.54, 1.807) is 0 Å². The van der Waals surface area contributed by atoms with Gasteiger partial charge < -0.3 is 10.3 Å². The molecular weight excluding hydrogens is 172 g/mol. The van der Waals surface area contributed by atoms with E-state index in [1.807, 2.05) is 0 Å². The van der Waals surface area contributed by atoms with Crippen molar-refractivity contribution >= 4 is 10.9 Å². The van der Waals surface area contributed by atoms with E-state index in [2.05, 4.69) is 42.8 Å². The summed E-state index contributed by atoms with van der Waals surface area (Å²) < 4.78 is 2.25. The average molecular weight is 188 g/mol. The van der Waals surface area contributed by atoms with Gasteiger partial charge in [0.2, 0.25) is 0 Å². The van der Waals surface area contributed by atoms with Gasteiger partial charge in [0.05, 0.1) is 0 Å². The highest BCUT2D eigenvalue weighted by Crippen LogP contribution is 2.22. The minimum atomic E-state index is 0.618. The van der Waals surface area contributed by atoms with Crippen molar-refractivity contribution in [3.63, 3.8) is 0 Å². The van der Waals surface area contributed by atoms with Crippen LogP contribution in [-0.4, -0.2) is 4.57 Å². The molecule has 0 amide bonds. The number of benzene rings is 1. The molecule has 1 aromatic carbocycles. The van der Waals surface area contributed by atoms with Gasteiger partial charge in [-0.05, 0) is 31.0 Å². The van der Waals surface area contributed by atoms with Gasteiger partial charge in [0.25, 0.3) is 0 Å². The van der Waals surface area contributed by atoms with E-state index in [0.29, 0.717) is 6.54 Å². The van der Waals surface area contributed by atoms with E-state index in [1.165, 1.54) is 22.0 Å². The van der Waals surface area contributed by atoms with Crippen LogP contribution in [0.1, 0.15) is 18.1 Å². The van der Waals surface area contributed by atoms with Crippen LogP contribution < -0.4 is 5.73 Å². The summed E-state index contributed by atoms with van der Waals surface area (Å²) in [5.74, 6) is 0. The van der Waals surface area contributed by atoms with Crippen molar-refractivity contribution in [3.8, 4) is 0 Å². The monoisotopic (exact) mass is 188 g/mol. The standard InChI is InChI=1S/C12H16N2/c1-3-14-8-10(7-13)11-5-4-9(2)6-12(11)14/h4-6,8H,3,7,13H2,1-2H3. The molecule has 2 N–H and O–H groups in total. The van der Waals surface area contributed by atoms with E-state index < -0.39 is 0 Å². The lowest BCUT2D eigenvalue weighted by Gasteiger charge is -2.00. The highest BCUT2D eigenvalue weighted by molar-refractivity contribution is 5.84. The van der Waals surface area contributed by atoms with Crippen molar-refractivity contribution in [1.29, 1.82) is 0 Å². The number of hydrogen-bond donors (Lipinski definition) is 1. The summed E-state index contributed by atoms with van der Waals surface area (Å²) in [7, 11) is 0. The first-order valence-corrected chi connectivity index (χ1v) is 5.04. The first-order chi connectivity index (χ1) is 6.76.